The van der Waals surface area contributed by atoms with Crippen molar-refractivity contribution >= 4 is 40.1 Å². The second-order valence-electron chi connectivity index (χ2n) is 17.0. The van der Waals surface area contributed by atoms with Crippen LogP contribution in [0.1, 0.15) is 82.4 Å². The van der Waals surface area contributed by atoms with Gasteiger partial charge in [-0.2, -0.15) is 0 Å². The zero-order valence-electron chi connectivity index (χ0n) is 33.1. The highest BCUT2D eigenvalue weighted by Gasteiger charge is 2.38. The fourth-order valence-electron chi connectivity index (χ4n) is 7.00. The highest BCUT2D eigenvalue weighted by molar-refractivity contribution is 7.13. The second kappa shape index (κ2) is 16.6. The number of anilines is 2. The molecule has 6 rings (SSSR count). The van der Waals surface area contributed by atoms with E-state index in [1.807, 2.05) is 89.3 Å². The number of hydrogen-bond acceptors (Lipinski definition) is 10. The number of rotatable bonds is 14. The van der Waals surface area contributed by atoms with Crippen LogP contribution in [0.5, 0.6) is 0 Å². The van der Waals surface area contributed by atoms with E-state index in [1.165, 1.54) is 11.3 Å². The molecule has 2 aromatic carbocycles. The van der Waals surface area contributed by atoms with Crippen LogP contribution in [0.15, 0.2) is 78.4 Å². The third-order valence-electron chi connectivity index (χ3n) is 10.0. The van der Waals surface area contributed by atoms with Crippen LogP contribution in [-0.2, 0) is 25.6 Å². The topological polar surface area (TPSA) is 117 Å². The van der Waals surface area contributed by atoms with Crippen LogP contribution in [0.3, 0.4) is 0 Å². The third kappa shape index (κ3) is 10.2. The Bertz CT molecular complexity index is 1930. The van der Waals surface area contributed by atoms with Gasteiger partial charge in [0.05, 0.1) is 12.0 Å². The van der Waals surface area contributed by atoms with Gasteiger partial charge in [-0.25, -0.2) is 9.97 Å². The number of aromatic nitrogens is 2. The van der Waals surface area contributed by atoms with Crippen LogP contribution in [0.2, 0.25) is 0 Å². The van der Waals surface area contributed by atoms with Crippen molar-refractivity contribution in [3.63, 3.8) is 0 Å². The highest BCUT2D eigenvalue weighted by atomic mass is 32.1. The summed E-state index contributed by atoms with van der Waals surface area (Å²) in [6.07, 6.45) is 4.12. The molecule has 2 aliphatic rings. The van der Waals surface area contributed by atoms with E-state index in [0.717, 1.165) is 60.8 Å². The minimum atomic E-state index is -0.802. The molecule has 0 radical (unpaired) electrons. The van der Waals surface area contributed by atoms with Crippen molar-refractivity contribution in [3.05, 3.63) is 95.1 Å². The van der Waals surface area contributed by atoms with E-state index in [4.69, 9.17) is 14.5 Å². The smallest absolute Gasteiger partial charge is 0.312 e. The number of ether oxygens (including phenoxy) is 2. The maximum atomic E-state index is 13.9. The van der Waals surface area contributed by atoms with Gasteiger partial charge in [0, 0.05) is 80.2 Å². The molecular weight excluding hydrogens is 713 g/mol. The lowest BCUT2D eigenvalue weighted by Gasteiger charge is -2.39. The normalized spacial score (nSPS) is 15.9. The van der Waals surface area contributed by atoms with Gasteiger partial charge < -0.3 is 19.3 Å². The molecule has 0 aliphatic carbocycles. The predicted molar refractivity (Wildman–Crippen MR) is 217 cm³/mol. The molecule has 1 saturated heterocycles. The number of thiazole rings is 1. The Morgan fingerprint density at radius 3 is 2.29 bits per heavy atom. The molecule has 1 N–H and O–H groups in total. The summed E-state index contributed by atoms with van der Waals surface area (Å²) in [6, 6.07) is 18.6. The molecule has 1 fully saturated rings. The van der Waals surface area contributed by atoms with Gasteiger partial charge in [-0.1, -0.05) is 56.3 Å². The van der Waals surface area contributed by atoms with Gasteiger partial charge in [-0.15, -0.1) is 11.3 Å². The number of pyridine rings is 1. The van der Waals surface area contributed by atoms with E-state index in [9.17, 15) is 14.4 Å². The van der Waals surface area contributed by atoms with Crippen molar-refractivity contribution in [1.29, 1.82) is 0 Å². The molecular formula is C43H54N6O5S. The van der Waals surface area contributed by atoms with Crippen LogP contribution in [-0.4, -0.2) is 89.1 Å². The Morgan fingerprint density at radius 2 is 1.64 bits per heavy atom. The highest BCUT2D eigenvalue weighted by Crippen LogP contribution is 2.35. The van der Waals surface area contributed by atoms with Crippen LogP contribution in [0, 0.1) is 10.8 Å². The Balaban J connectivity index is 1.01. The fourth-order valence-corrected chi connectivity index (χ4v) is 7.53. The summed E-state index contributed by atoms with van der Waals surface area (Å²) in [6.45, 7) is 19.9. The number of fused-ring (bicyclic) bond motifs is 1. The molecule has 2 amide bonds. The first-order chi connectivity index (χ1) is 26.1. The Kier molecular flexibility index (Phi) is 12.1. The molecule has 55 heavy (non-hydrogen) atoms. The number of hydrogen-bond donors (Lipinski definition) is 1. The van der Waals surface area contributed by atoms with Gasteiger partial charge >= 0.3 is 5.97 Å². The minimum absolute atomic E-state index is 0.0388. The quantitative estimate of drug-likeness (QED) is 0.103. The first kappa shape index (κ1) is 40.0. The van der Waals surface area contributed by atoms with Crippen LogP contribution >= 0.6 is 11.3 Å². The summed E-state index contributed by atoms with van der Waals surface area (Å²) in [4.78, 5) is 55.6. The van der Waals surface area contributed by atoms with Gasteiger partial charge in [0.25, 0.3) is 11.8 Å². The molecule has 11 nitrogen and oxygen atoms in total. The molecule has 0 saturated carbocycles. The molecule has 0 bridgehead atoms. The van der Waals surface area contributed by atoms with E-state index in [-0.39, 0.29) is 23.2 Å². The zero-order valence-corrected chi connectivity index (χ0v) is 33.9. The Morgan fingerprint density at radius 1 is 0.909 bits per heavy atom. The number of carbonyl (C=O) groups is 3. The number of esters is 1. The largest absolute Gasteiger partial charge is 0.460 e. The molecule has 0 spiro atoms. The SMILES string of the molecule is CC(C)(COCCC(C)(C)C(=O)OC(C)(C)C)CN1CCN(c2ccc(-c3ccc4c(c3)C(=O)N(C(C(=O)Nc3nccs3)c3ccccc3)C4)cn2)CC1. The standard InChI is InChI=1S/C43H54N6O5S/c1-41(2,3)54-39(52)43(6,7)17-23-53-29-42(4,5)28-47-19-21-48(22-20-47)35-16-15-32(26-45-35)31-13-14-33-27-49(38(51)34(33)25-31)36(30-11-9-8-10-12-30)37(50)46-40-44-18-24-55-40/h8-16,18,24-26,36H,17,19-23,27-29H2,1-7H3,(H,44,46,50). The number of piperazine rings is 1. The third-order valence-corrected chi connectivity index (χ3v) is 10.7. The lowest BCUT2D eigenvalue weighted by molar-refractivity contribution is -0.166. The van der Waals surface area contributed by atoms with Crippen molar-refractivity contribution in [2.75, 3.05) is 56.2 Å². The molecule has 12 heteroatoms. The Hall–Kier alpha value is -4.65. The molecule has 292 valence electrons. The van der Waals surface area contributed by atoms with Crippen molar-refractivity contribution < 1.29 is 23.9 Å². The number of nitrogens with zero attached hydrogens (tertiary/aromatic N) is 5. The van der Waals surface area contributed by atoms with Crippen molar-refractivity contribution in [1.82, 2.24) is 19.8 Å². The Labute approximate surface area is 329 Å². The maximum Gasteiger partial charge on any atom is 0.312 e. The summed E-state index contributed by atoms with van der Waals surface area (Å²) in [7, 11) is 0. The van der Waals surface area contributed by atoms with E-state index in [1.54, 1.807) is 16.5 Å². The molecule has 2 aliphatic heterocycles. The van der Waals surface area contributed by atoms with E-state index >= 15 is 0 Å². The van der Waals surface area contributed by atoms with Crippen molar-refractivity contribution in [3.8, 4) is 11.1 Å². The number of carbonyl (C=O) groups excluding carboxylic acids is 3. The predicted octanol–water partition coefficient (Wildman–Crippen LogP) is 7.46. The average molecular weight is 767 g/mol. The monoisotopic (exact) mass is 766 g/mol. The average Bonchev–Trinajstić information content (AvgIpc) is 3.77. The first-order valence-corrected chi connectivity index (χ1v) is 19.9. The first-order valence-electron chi connectivity index (χ1n) is 19.0. The number of benzene rings is 2. The van der Waals surface area contributed by atoms with Crippen LogP contribution in [0.25, 0.3) is 11.1 Å². The lowest BCUT2D eigenvalue weighted by Crippen LogP contribution is -2.50. The summed E-state index contributed by atoms with van der Waals surface area (Å²) >= 11 is 1.34. The lowest BCUT2D eigenvalue weighted by atomic mass is 9.89. The van der Waals surface area contributed by atoms with Gasteiger partial charge in [-0.05, 0) is 75.9 Å². The molecule has 4 heterocycles. The van der Waals surface area contributed by atoms with Crippen LogP contribution in [0.4, 0.5) is 10.9 Å². The summed E-state index contributed by atoms with van der Waals surface area (Å²) in [5, 5.41) is 5.19. The van der Waals surface area contributed by atoms with Gasteiger partial charge in [0.1, 0.15) is 17.5 Å². The number of nitrogens with one attached hydrogen (secondary N) is 1. The molecule has 1 unspecified atom stereocenters. The van der Waals surface area contributed by atoms with Crippen molar-refractivity contribution in [2.24, 2.45) is 10.8 Å². The van der Waals surface area contributed by atoms with Gasteiger partial charge in [0.15, 0.2) is 5.13 Å². The van der Waals surface area contributed by atoms with Gasteiger partial charge in [-0.3, -0.25) is 24.6 Å². The van der Waals surface area contributed by atoms with E-state index in [0.29, 0.717) is 36.9 Å². The fraction of sp³-hybridized carbons (Fsp3) is 0.465. The maximum absolute atomic E-state index is 13.9. The molecule has 2 aromatic heterocycles. The summed E-state index contributed by atoms with van der Waals surface area (Å²) in [5.74, 6) is 0.258. The van der Waals surface area contributed by atoms with E-state index in [2.05, 4.69) is 46.1 Å². The second-order valence-corrected chi connectivity index (χ2v) is 17.9. The van der Waals surface area contributed by atoms with Crippen molar-refractivity contribution in [2.45, 2.75) is 73.1 Å². The summed E-state index contributed by atoms with van der Waals surface area (Å²) < 4.78 is 11.7. The number of amides is 2. The molecule has 1 atom stereocenters. The summed E-state index contributed by atoms with van der Waals surface area (Å²) in [5.41, 5.74) is 2.91. The van der Waals surface area contributed by atoms with Gasteiger partial charge in [0.2, 0.25) is 0 Å². The zero-order chi connectivity index (χ0) is 39.4. The minimum Gasteiger partial charge on any atom is -0.460 e. The molecule has 4 aromatic rings. The van der Waals surface area contributed by atoms with Crippen LogP contribution < -0.4 is 10.2 Å². The van der Waals surface area contributed by atoms with E-state index < -0.39 is 17.1 Å².